The number of rotatable bonds is 11. The van der Waals surface area contributed by atoms with Crippen LogP contribution in [0.1, 0.15) is 62.4 Å². The third kappa shape index (κ3) is 6.27. The number of carboxylic acids is 1. The number of anilines is 1. The molecule has 1 aromatic carbocycles. The fourth-order valence-corrected chi connectivity index (χ4v) is 4.84. The smallest absolute Gasteiger partial charge is 0.325 e. The fourth-order valence-electron chi connectivity index (χ4n) is 4.84. The minimum Gasteiger partial charge on any atom is -0.491 e. The van der Waals surface area contributed by atoms with E-state index in [0.29, 0.717) is 31.0 Å². The molecule has 184 valence electrons. The molecule has 7 nitrogen and oxygen atoms in total. The van der Waals surface area contributed by atoms with Gasteiger partial charge in [-0.25, -0.2) is 4.98 Å². The van der Waals surface area contributed by atoms with E-state index >= 15 is 0 Å². The number of aromatic nitrogens is 1. The average Bonchev–Trinajstić information content (AvgIpc) is 3.27. The number of carbonyl (C=O) groups is 1. The summed E-state index contributed by atoms with van der Waals surface area (Å²) >= 11 is 0. The fraction of sp³-hybridized carbons (Fsp3) is 0.556. The Morgan fingerprint density at radius 2 is 2.09 bits per heavy atom. The Hall–Kier alpha value is -2.64. The molecule has 2 aliphatic heterocycles. The van der Waals surface area contributed by atoms with E-state index in [1.54, 1.807) is 0 Å². The van der Waals surface area contributed by atoms with Crippen LogP contribution in [0.5, 0.6) is 5.75 Å². The molecule has 0 saturated carbocycles. The van der Waals surface area contributed by atoms with Gasteiger partial charge in [0.15, 0.2) is 0 Å². The molecule has 7 heteroatoms. The van der Waals surface area contributed by atoms with Crippen LogP contribution >= 0.6 is 0 Å². The highest BCUT2D eigenvalue weighted by Crippen LogP contribution is 2.33. The van der Waals surface area contributed by atoms with Crippen molar-refractivity contribution in [2.45, 2.75) is 70.6 Å². The van der Waals surface area contributed by atoms with Gasteiger partial charge in [0, 0.05) is 37.5 Å². The van der Waals surface area contributed by atoms with Gasteiger partial charge in [0.25, 0.3) is 0 Å². The summed E-state index contributed by atoms with van der Waals surface area (Å²) in [5, 5.41) is 13.4. The van der Waals surface area contributed by atoms with Crippen LogP contribution in [0, 0.1) is 0 Å². The molecular formula is C27H37N3O4. The lowest BCUT2D eigenvalue weighted by Gasteiger charge is -2.26. The normalized spacial score (nSPS) is 19.0. The summed E-state index contributed by atoms with van der Waals surface area (Å²) in [7, 11) is 0. The molecule has 0 radical (unpaired) electrons. The standard InChI is InChI=1S/C27H37N3O4/c1-19(2)34-24-11-4-3-10-23(24)25(27(31)32)30-16-14-22(18-30)33-17-6-5-9-21-13-12-20-8-7-15-28-26(20)29-21/h3-4,10-13,19,22,25H,5-9,14-18H2,1-2H3,(H,28,29)(H,31,32)/t22-,25?/m1/s1. The molecule has 1 unspecified atom stereocenters. The Morgan fingerprint density at radius 3 is 2.91 bits per heavy atom. The third-order valence-electron chi connectivity index (χ3n) is 6.48. The SMILES string of the molecule is CC(C)Oc1ccccc1C(C(=O)O)N1CC[C@@H](OCCCCc2ccc3c(n2)NCCC3)C1. The molecule has 2 aromatic rings. The first-order chi connectivity index (χ1) is 16.5. The molecule has 1 aromatic heterocycles. The molecule has 3 heterocycles. The van der Waals surface area contributed by atoms with Crippen LogP contribution in [0.25, 0.3) is 0 Å². The molecule has 0 amide bonds. The summed E-state index contributed by atoms with van der Waals surface area (Å²) in [6.45, 7) is 6.91. The van der Waals surface area contributed by atoms with Crippen LogP contribution in [-0.2, 0) is 22.4 Å². The van der Waals surface area contributed by atoms with Gasteiger partial charge in [-0.05, 0) is 70.1 Å². The van der Waals surface area contributed by atoms with Crippen LogP contribution in [0.15, 0.2) is 36.4 Å². The van der Waals surface area contributed by atoms with E-state index in [4.69, 9.17) is 14.5 Å². The van der Waals surface area contributed by atoms with Gasteiger partial charge in [-0.2, -0.15) is 0 Å². The van der Waals surface area contributed by atoms with Crippen molar-refractivity contribution in [3.8, 4) is 5.75 Å². The predicted octanol–water partition coefficient (Wildman–Crippen LogP) is 4.47. The third-order valence-corrected chi connectivity index (χ3v) is 6.48. The van der Waals surface area contributed by atoms with Gasteiger partial charge < -0.3 is 19.9 Å². The van der Waals surface area contributed by atoms with Gasteiger partial charge >= 0.3 is 5.97 Å². The number of pyridine rings is 1. The van der Waals surface area contributed by atoms with Crippen LogP contribution in [0.4, 0.5) is 5.82 Å². The Bertz CT molecular complexity index is 965. The Labute approximate surface area is 202 Å². The Morgan fingerprint density at radius 1 is 1.24 bits per heavy atom. The largest absolute Gasteiger partial charge is 0.491 e. The highest BCUT2D eigenvalue weighted by atomic mass is 16.5. The number of aliphatic carboxylic acids is 1. The summed E-state index contributed by atoms with van der Waals surface area (Å²) in [5.41, 5.74) is 3.16. The quantitative estimate of drug-likeness (QED) is 0.472. The molecule has 2 atom stereocenters. The van der Waals surface area contributed by atoms with E-state index in [2.05, 4.69) is 17.4 Å². The number of carboxylic acid groups (broad SMARTS) is 1. The molecule has 0 spiro atoms. The van der Waals surface area contributed by atoms with Crippen molar-refractivity contribution in [1.82, 2.24) is 9.88 Å². The first kappa shape index (κ1) is 24.5. The summed E-state index contributed by atoms with van der Waals surface area (Å²) in [6.07, 6.45) is 6.12. The highest BCUT2D eigenvalue weighted by Gasteiger charge is 2.35. The lowest BCUT2D eigenvalue weighted by atomic mass is 10.0. The zero-order valence-electron chi connectivity index (χ0n) is 20.3. The second-order valence-corrected chi connectivity index (χ2v) is 9.52. The Kier molecular flexibility index (Phi) is 8.40. The van der Waals surface area contributed by atoms with Gasteiger partial charge in [-0.15, -0.1) is 0 Å². The average molecular weight is 468 g/mol. The first-order valence-electron chi connectivity index (χ1n) is 12.6. The number of likely N-dealkylation sites (tertiary alicyclic amines) is 1. The van der Waals surface area contributed by atoms with Gasteiger partial charge in [0.1, 0.15) is 17.6 Å². The zero-order chi connectivity index (χ0) is 23.9. The van der Waals surface area contributed by atoms with E-state index in [1.807, 2.05) is 43.0 Å². The second-order valence-electron chi connectivity index (χ2n) is 9.52. The van der Waals surface area contributed by atoms with Gasteiger partial charge in [0.05, 0.1) is 12.2 Å². The lowest BCUT2D eigenvalue weighted by Crippen LogP contribution is -2.34. The van der Waals surface area contributed by atoms with Crippen LogP contribution in [0.3, 0.4) is 0 Å². The number of nitrogens with zero attached hydrogens (tertiary/aromatic N) is 2. The van der Waals surface area contributed by atoms with Crippen LogP contribution in [-0.4, -0.2) is 59.4 Å². The van der Waals surface area contributed by atoms with E-state index < -0.39 is 12.0 Å². The number of aryl methyl sites for hydroxylation is 2. The van der Waals surface area contributed by atoms with E-state index in [1.165, 1.54) is 12.0 Å². The molecule has 1 saturated heterocycles. The maximum Gasteiger partial charge on any atom is 0.325 e. The second kappa shape index (κ2) is 11.7. The molecule has 0 aliphatic carbocycles. The first-order valence-corrected chi connectivity index (χ1v) is 12.6. The topological polar surface area (TPSA) is 83.9 Å². The van der Waals surface area contributed by atoms with Crippen molar-refractivity contribution < 1.29 is 19.4 Å². The maximum absolute atomic E-state index is 12.2. The number of hydrogen-bond acceptors (Lipinski definition) is 6. The lowest BCUT2D eigenvalue weighted by molar-refractivity contribution is -0.143. The van der Waals surface area contributed by atoms with Crippen molar-refractivity contribution in [2.24, 2.45) is 0 Å². The zero-order valence-corrected chi connectivity index (χ0v) is 20.3. The molecular weight excluding hydrogens is 430 g/mol. The number of nitrogens with one attached hydrogen (secondary N) is 1. The van der Waals surface area contributed by atoms with Crippen molar-refractivity contribution in [2.75, 3.05) is 31.6 Å². The number of hydrogen-bond donors (Lipinski definition) is 2. The summed E-state index contributed by atoms with van der Waals surface area (Å²) < 4.78 is 12.0. The van der Waals surface area contributed by atoms with Crippen molar-refractivity contribution in [3.05, 3.63) is 53.2 Å². The van der Waals surface area contributed by atoms with Crippen molar-refractivity contribution >= 4 is 11.8 Å². The number of benzene rings is 1. The molecule has 34 heavy (non-hydrogen) atoms. The minimum absolute atomic E-state index is 0.0157. The monoisotopic (exact) mass is 467 g/mol. The Balaban J connectivity index is 1.24. The minimum atomic E-state index is -0.854. The summed E-state index contributed by atoms with van der Waals surface area (Å²) in [4.78, 5) is 19.0. The van der Waals surface area contributed by atoms with Crippen molar-refractivity contribution in [1.29, 1.82) is 0 Å². The highest BCUT2D eigenvalue weighted by molar-refractivity contribution is 5.76. The maximum atomic E-state index is 12.2. The van der Waals surface area contributed by atoms with Gasteiger partial charge in [-0.1, -0.05) is 24.3 Å². The van der Waals surface area contributed by atoms with E-state index in [0.717, 1.165) is 50.2 Å². The van der Waals surface area contributed by atoms with Crippen LogP contribution < -0.4 is 10.1 Å². The molecule has 2 N–H and O–H groups in total. The number of unbranched alkanes of at least 4 members (excludes halogenated alkanes) is 1. The summed E-state index contributed by atoms with van der Waals surface area (Å²) in [6, 6.07) is 11.1. The number of para-hydroxylation sites is 1. The van der Waals surface area contributed by atoms with Gasteiger partial charge in [-0.3, -0.25) is 9.69 Å². The predicted molar refractivity (Wildman–Crippen MR) is 132 cm³/mol. The molecule has 2 aliphatic rings. The van der Waals surface area contributed by atoms with E-state index in [9.17, 15) is 9.90 Å². The van der Waals surface area contributed by atoms with E-state index in [-0.39, 0.29) is 12.2 Å². The molecule has 4 rings (SSSR count). The van der Waals surface area contributed by atoms with Crippen molar-refractivity contribution in [3.63, 3.8) is 0 Å². The van der Waals surface area contributed by atoms with Crippen LogP contribution in [0.2, 0.25) is 0 Å². The summed E-state index contributed by atoms with van der Waals surface area (Å²) in [5.74, 6) is 0.840. The number of ether oxygens (including phenoxy) is 2. The van der Waals surface area contributed by atoms with Gasteiger partial charge in [0.2, 0.25) is 0 Å². The number of fused-ring (bicyclic) bond motifs is 1. The molecule has 1 fully saturated rings. The molecule has 0 bridgehead atoms.